The van der Waals surface area contributed by atoms with Crippen LogP contribution in [-0.2, 0) is 19.0 Å². The topological polar surface area (TPSA) is 63.2 Å². The molecule has 1 aromatic rings. The zero-order valence-corrected chi connectivity index (χ0v) is 14.9. The zero-order chi connectivity index (χ0) is 18.1. The van der Waals surface area contributed by atoms with Gasteiger partial charge in [-0.25, -0.2) is 4.79 Å². The summed E-state index contributed by atoms with van der Waals surface area (Å²) < 4.78 is 27.3. The second-order valence-corrected chi connectivity index (χ2v) is 5.62. The van der Waals surface area contributed by atoms with Gasteiger partial charge in [0, 0.05) is 13.7 Å². The van der Waals surface area contributed by atoms with Crippen molar-refractivity contribution < 1.29 is 28.5 Å². The Morgan fingerprint density at radius 3 is 2.68 bits per heavy atom. The summed E-state index contributed by atoms with van der Waals surface area (Å²) >= 11 is 0. The molecule has 1 unspecified atom stereocenters. The molecular weight excluding hydrogens is 324 g/mol. The maximum atomic E-state index is 12.2. The molecule has 1 heterocycles. The maximum absolute atomic E-state index is 12.2. The average molecular weight is 350 g/mol. The lowest BCUT2D eigenvalue weighted by Gasteiger charge is -2.18. The Hall–Kier alpha value is -2.05. The highest BCUT2D eigenvalue weighted by Crippen LogP contribution is 2.35. The average Bonchev–Trinajstić information content (AvgIpc) is 3.13. The van der Waals surface area contributed by atoms with Crippen LogP contribution in [0.25, 0.3) is 5.57 Å². The summed E-state index contributed by atoms with van der Waals surface area (Å²) in [5.41, 5.74) is 0.715. The van der Waals surface area contributed by atoms with Crippen LogP contribution in [0.1, 0.15) is 25.3 Å². The fourth-order valence-electron chi connectivity index (χ4n) is 2.56. The number of ether oxygens (including phenoxy) is 5. The summed E-state index contributed by atoms with van der Waals surface area (Å²) in [7, 11) is 1.60. The lowest BCUT2D eigenvalue weighted by atomic mass is 10.0. The number of hydrogen-bond acceptors (Lipinski definition) is 6. The fourth-order valence-corrected chi connectivity index (χ4v) is 2.56. The summed E-state index contributed by atoms with van der Waals surface area (Å²) in [5.74, 6) is 0.552. The minimum atomic E-state index is -0.493. The molecular formula is C19H26O6. The molecule has 6 heteroatoms. The molecule has 1 aliphatic heterocycles. The van der Waals surface area contributed by atoms with Crippen LogP contribution in [0.15, 0.2) is 24.8 Å². The van der Waals surface area contributed by atoms with E-state index in [1.807, 2.05) is 6.07 Å². The first-order valence-electron chi connectivity index (χ1n) is 8.52. The molecule has 0 spiro atoms. The minimum Gasteiger partial charge on any atom is -0.490 e. The van der Waals surface area contributed by atoms with Crippen LogP contribution in [0.2, 0.25) is 0 Å². The molecule has 1 saturated heterocycles. The standard InChI is InChI=1S/C19H26O6/c1-4-22-19(20)14(2)18-16(24-12-11-21-3)8-5-9-17(18)25-13-15-7-6-10-23-15/h5,8-9,15H,2,4,6-7,10-13H2,1,3H3. The highest BCUT2D eigenvalue weighted by molar-refractivity contribution is 6.17. The smallest absolute Gasteiger partial charge is 0.338 e. The molecule has 1 aliphatic rings. The van der Waals surface area contributed by atoms with Crippen LogP contribution >= 0.6 is 0 Å². The van der Waals surface area contributed by atoms with E-state index in [9.17, 15) is 4.79 Å². The molecule has 0 N–H and O–H groups in total. The molecule has 6 nitrogen and oxygen atoms in total. The van der Waals surface area contributed by atoms with Gasteiger partial charge < -0.3 is 23.7 Å². The van der Waals surface area contributed by atoms with Crippen molar-refractivity contribution >= 4 is 11.5 Å². The lowest BCUT2D eigenvalue weighted by molar-refractivity contribution is -0.136. The van der Waals surface area contributed by atoms with Crippen LogP contribution in [-0.4, -0.2) is 52.2 Å². The van der Waals surface area contributed by atoms with Gasteiger partial charge in [0.05, 0.1) is 30.5 Å². The maximum Gasteiger partial charge on any atom is 0.338 e. The van der Waals surface area contributed by atoms with Gasteiger partial charge in [-0.2, -0.15) is 0 Å². The van der Waals surface area contributed by atoms with Crippen molar-refractivity contribution in [3.8, 4) is 11.5 Å². The first-order valence-corrected chi connectivity index (χ1v) is 8.52. The van der Waals surface area contributed by atoms with Crippen LogP contribution in [0, 0.1) is 0 Å². The highest BCUT2D eigenvalue weighted by atomic mass is 16.5. The fraction of sp³-hybridized carbons (Fsp3) is 0.526. The van der Waals surface area contributed by atoms with E-state index >= 15 is 0 Å². The molecule has 1 aromatic carbocycles. The lowest BCUT2D eigenvalue weighted by Crippen LogP contribution is -2.18. The molecule has 138 valence electrons. The largest absolute Gasteiger partial charge is 0.490 e. The Morgan fingerprint density at radius 1 is 1.28 bits per heavy atom. The quantitative estimate of drug-likeness (QED) is 0.367. The molecule has 0 amide bonds. The Kier molecular flexibility index (Phi) is 7.76. The number of carbonyl (C=O) groups excluding carboxylic acids is 1. The predicted molar refractivity (Wildman–Crippen MR) is 93.9 cm³/mol. The number of rotatable bonds is 10. The van der Waals surface area contributed by atoms with Crippen molar-refractivity contribution in [1.29, 1.82) is 0 Å². The van der Waals surface area contributed by atoms with Gasteiger partial charge in [0.25, 0.3) is 0 Å². The summed E-state index contributed by atoms with van der Waals surface area (Å²) in [4.78, 5) is 12.2. The van der Waals surface area contributed by atoms with Gasteiger partial charge in [0.15, 0.2) is 0 Å². The summed E-state index contributed by atoms with van der Waals surface area (Å²) in [5, 5.41) is 0. The van der Waals surface area contributed by atoms with E-state index in [0.29, 0.717) is 36.9 Å². The van der Waals surface area contributed by atoms with Gasteiger partial charge in [-0.1, -0.05) is 12.6 Å². The van der Waals surface area contributed by atoms with Gasteiger partial charge in [-0.05, 0) is 31.9 Å². The first-order chi connectivity index (χ1) is 12.2. The second kappa shape index (κ2) is 10.1. The highest BCUT2D eigenvalue weighted by Gasteiger charge is 2.22. The number of benzene rings is 1. The number of methoxy groups -OCH3 is 1. The SMILES string of the molecule is C=C(C(=O)OCC)c1c(OCCOC)cccc1OCC1CCCO1. The van der Waals surface area contributed by atoms with Crippen molar-refractivity contribution in [2.75, 3.05) is 40.1 Å². The van der Waals surface area contributed by atoms with Gasteiger partial charge in [-0.15, -0.1) is 0 Å². The summed E-state index contributed by atoms with van der Waals surface area (Å²) in [6.45, 7) is 7.88. The van der Waals surface area contributed by atoms with Crippen LogP contribution in [0.5, 0.6) is 11.5 Å². The van der Waals surface area contributed by atoms with E-state index in [2.05, 4.69) is 6.58 Å². The van der Waals surface area contributed by atoms with Gasteiger partial charge in [0.2, 0.25) is 0 Å². The molecule has 0 aliphatic carbocycles. The van der Waals surface area contributed by atoms with Gasteiger partial charge >= 0.3 is 5.97 Å². The van der Waals surface area contributed by atoms with Crippen molar-refractivity contribution in [1.82, 2.24) is 0 Å². The summed E-state index contributed by atoms with van der Waals surface area (Å²) in [6.07, 6.45) is 2.08. The minimum absolute atomic E-state index is 0.0711. The molecule has 1 atom stereocenters. The Morgan fingerprint density at radius 2 is 2.04 bits per heavy atom. The van der Waals surface area contributed by atoms with Crippen LogP contribution < -0.4 is 9.47 Å². The van der Waals surface area contributed by atoms with E-state index in [1.54, 1.807) is 26.2 Å². The third kappa shape index (κ3) is 5.47. The van der Waals surface area contributed by atoms with Crippen molar-refractivity contribution in [3.63, 3.8) is 0 Å². The predicted octanol–water partition coefficient (Wildman–Crippen LogP) is 2.85. The molecule has 0 aromatic heterocycles. The monoisotopic (exact) mass is 350 g/mol. The summed E-state index contributed by atoms with van der Waals surface area (Å²) in [6, 6.07) is 5.38. The van der Waals surface area contributed by atoms with Crippen molar-refractivity contribution in [3.05, 3.63) is 30.3 Å². The Bertz CT molecular complexity index is 577. The normalized spacial score (nSPS) is 16.5. The number of carbonyl (C=O) groups is 1. The van der Waals surface area contributed by atoms with E-state index in [0.717, 1.165) is 19.4 Å². The molecule has 0 radical (unpaired) electrons. The molecule has 0 bridgehead atoms. The molecule has 0 saturated carbocycles. The van der Waals surface area contributed by atoms with Crippen molar-refractivity contribution in [2.24, 2.45) is 0 Å². The Balaban J connectivity index is 2.20. The molecule has 2 rings (SSSR count). The zero-order valence-electron chi connectivity index (χ0n) is 14.9. The van der Waals surface area contributed by atoms with E-state index < -0.39 is 5.97 Å². The molecule has 1 fully saturated rings. The molecule has 25 heavy (non-hydrogen) atoms. The van der Waals surface area contributed by atoms with E-state index in [4.69, 9.17) is 23.7 Å². The van der Waals surface area contributed by atoms with Crippen molar-refractivity contribution in [2.45, 2.75) is 25.9 Å². The van der Waals surface area contributed by atoms with Gasteiger partial charge in [0.1, 0.15) is 24.7 Å². The third-order valence-electron chi connectivity index (χ3n) is 3.81. The van der Waals surface area contributed by atoms with E-state index in [-0.39, 0.29) is 18.3 Å². The second-order valence-electron chi connectivity index (χ2n) is 5.62. The Labute approximate surface area is 148 Å². The van der Waals surface area contributed by atoms with Gasteiger partial charge in [-0.3, -0.25) is 0 Å². The van der Waals surface area contributed by atoms with Crippen LogP contribution in [0.3, 0.4) is 0 Å². The van der Waals surface area contributed by atoms with E-state index in [1.165, 1.54) is 0 Å². The number of esters is 1. The van der Waals surface area contributed by atoms with Crippen LogP contribution in [0.4, 0.5) is 0 Å². The third-order valence-corrected chi connectivity index (χ3v) is 3.81. The first kappa shape index (κ1) is 19.3. The number of hydrogen-bond donors (Lipinski definition) is 0.